The molecule has 0 aliphatic carbocycles. The van der Waals surface area contributed by atoms with E-state index in [0.717, 1.165) is 12.0 Å². The molecular formula is C14H15BrN2O3. The van der Waals surface area contributed by atoms with Crippen LogP contribution in [-0.2, 0) is 0 Å². The predicted molar refractivity (Wildman–Crippen MR) is 80.1 cm³/mol. The molecule has 2 amide bonds. The fraction of sp³-hybridized carbons (Fsp3) is 0.286. The summed E-state index contributed by atoms with van der Waals surface area (Å²) in [5.74, 6) is -1.07. The monoisotopic (exact) mass is 338 g/mol. The minimum atomic E-state index is -1.07. The smallest absolute Gasteiger partial charge is 0.337 e. The molecule has 1 heterocycles. The van der Waals surface area contributed by atoms with E-state index in [1.807, 2.05) is 6.92 Å². The van der Waals surface area contributed by atoms with Gasteiger partial charge in [0, 0.05) is 17.6 Å². The number of anilines is 1. The quantitative estimate of drug-likeness (QED) is 0.812. The first kappa shape index (κ1) is 14.6. The van der Waals surface area contributed by atoms with Crippen LogP contribution in [0.5, 0.6) is 0 Å². The van der Waals surface area contributed by atoms with E-state index >= 15 is 0 Å². The summed E-state index contributed by atoms with van der Waals surface area (Å²) in [5.41, 5.74) is 1.51. The Hall–Kier alpha value is -1.82. The second-order valence-electron chi connectivity index (χ2n) is 4.69. The Morgan fingerprint density at radius 2 is 2.15 bits per heavy atom. The molecule has 0 spiro atoms. The van der Waals surface area contributed by atoms with Crippen molar-refractivity contribution in [2.24, 2.45) is 0 Å². The van der Waals surface area contributed by atoms with Gasteiger partial charge in [0.05, 0.1) is 11.3 Å². The van der Waals surface area contributed by atoms with Gasteiger partial charge in [-0.15, -0.1) is 0 Å². The number of hydrogen-bond acceptors (Lipinski definition) is 2. The summed E-state index contributed by atoms with van der Waals surface area (Å²) >= 11 is 3.22. The average molecular weight is 339 g/mol. The topological polar surface area (TPSA) is 69.6 Å². The second kappa shape index (κ2) is 6.09. The van der Waals surface area contributed by atoms with Gasteiger partial charge < -0.3 is 15.3 Å². The van der Waals surface area contributed by atoms with Gasteiger partial charge in [0.25, 0.3) is 0 Å². The third kappa shape index (κ3) is 3.39. The molecule has 0 radical (unpaired) electrons. The van der Waals surface area contributed by atoms with Crippen LogP contribution in [0.1, 0.15) is 23.7 Å². The molecule has 5 nitrogen and oxygen atoms in total. The number of nitrogens with one attached hydrogen (secondary N) is 1. The van der Waals surface area contributed by atoms with Crippen molar-refractivity contribution >= 4 is 33.6 Å². The summed E-state index contributed by atoms with van der Waals surface area (Å²) in [5, 5.41) is 11.8. The van der Waals surface area contributed by atoms with E-state index in [-0.39, 0.29) is 11.6 Å². The number of aromatic carboxylic acids is 1. The molecule has 0 saturated carbocycles. The Morgan fingerprint density at radius 1 is 1.40 bits per heavy atom. The van der Waals surface area contributed by atoms with Crippen molar-refractivity contribution < 1.29 is 14.7 Å². The highest BCUT2D eigenvalue weighted by atomic mass is 79.9. The van der Waals surface area contributed by atoms with Gasteiger partial charge in [0.15, 0.2) is 0 Å². The number of rotatable bonds is 2. The van der Waals surface area contributed by atoms with Crippen LogP contribution >= 0.6 is 15.9 Å². The maximum atomic E-state index is 12.2. The summed E-state index contributed by atoms with van der Waals surface area (Å²) in [4.78, 5) is 25.0. The lowest BCUT2D eigenvalue weighted by molar-refractivity contribution is 0.0698. The molecule has 1 aromatic rings. The number of urea groups is 1. The van der Waals surface area contributed by atoms with Crippen LogP contribution in [0.4, 0.5) is 10.5 Å². The van der Waals surface area contributed by atoms with Crippen LogP contribution in [0, 0.1) is 0 Å². The maximum absolute atomic E-state index is 12.2. The van der Waals surface area contributed by atoms with Crippen molar-refractivity contribution in [1.82, 2.24) is 4.90 Å². The standard InChI is InChI=1S/C14H15BrN2O3/c1-9-3-2-6-17(8-9)14(20)16-12-5-4-10(15)7-11(12)13(18)19/h3-5,7H,2,6,8H2,1H3,(H,16,20)(H,18,19). The number of halogens is 1. The number of nitrogens with zero attached hydrogens (tertiary/aromatic N) is 1. The fourth-order valence-corrected chi connectivity index (χ4v) is 2.44. The van der Waals surface area contributed by atoms with Gasteiger partial charge in [-0.2, -0.15) is 0 Å². The summed E-state index contributed by atoms with van der Waals surface area (Å²) in [6.07, 6.45) is 2.93. The van der Waals surface area contributed by atoms with Crippen molar-refractivity contribution in [3.63, 3.8) is 0 Å². The molecule has 1 aliphatic heterocycles. The van der Waals surface area contributed by atoms with E-state index in [1.165, 1.54) is 6.07 Å². The van der Waals surface area contributed by atoms with Gasteiger partial charge in [-0.25, -0.2) is 9.59 Å². The molecule has 2 rings (SSSR count). The van der Waals surface area contributed by atoms with Gasteiger partial charge in [-0.1, -0.05) is 27.6 Å². The average Bonchev–Trinajstić information content (AvgIpc) is 2.40. The number of carboxylic acid groups (broad SMARTS) is 1. The molecule has 0 saturated heterocycles. The SMILES string of the molecule is CC1=CCCN(C(=O)Nc2ccc(Br)cc2C(=O)O)C1. The molecule has 20 heavy (non-hydrogen) atoms. The molecular weight excluding hydrogens is 324 g/mol. The third-order valence-electron chi connectivity index (χ3n) is 3.07. The molecule has 2 N–H and O–H groups in total. The predicted octanol–water partition coefficient (Wildman–Crippen LogP) is 3.33. The number of benzene rings is 1. The van der Waals surface area contributed by atoms with E-state index < -0.39 is 5.97 Å². The zero-order chi connectivity index (χ0) is 14.7. The molecule has 1 aromatic carbocycles. The largest absolute Gasteiger partial charge is 0.478 e. The van der Waals surface area contributed by atoms with Crippen molar-refractivity contribution in [1.29, 1.82) is 0 Å². The number of carboxylic acids is 1. The zero-order valence-electron chi connectivity index (χ0n) is 11.0. The summed E-state index contributed by atoms with van der Waals surface area (Å²) in [6.45, 7) is 3.19. The number of carbonyl (C=O) groups is 2. The highest BCUT2D eigenvalue weighted by Crippen LogP contribution is 2.22. The molecule has 0 aromatic heterocycles. The summed E-state index contributed by atoms with van der Waals surface area (Å²) in [7, 11) is 0. The van der Waals surface area contributed by atoms with Crippen molar-refractivity contribution in [2.45, 2.75) is 13.3 Å². The molecule has 6 heteroatoms. The Bertz CT molecular complexity index is 584. The first-order valence-corrected chi connectivity index (χ1v) is 7.01. The lowest BCUT2D eigenvalue weighted by Crippen LogP contribution is -2.38. The number of amides is 2. The van der Waals surface area contributed by atoms with Crippen LogP contribution in [0.2, 0.25) is 0 Å². The highest BCUT2D eigenvalue weighted by molar-refractivity contribution is 9.10. The van der Waals surface area contributed by atoms with Gasteiger partial charge in [0.1, 0.15) is 0 Å². The first-order valence-electron chi connectivity index (χ1n) is 6.22. The van der Waals surface area contributed by atoms with E-state index in [2.05, 4.69) is 27.3 Å². The van der Waals surface area contributed by atoms with E-state index in [0.29, 0.717) is 23.2 Å². The Balaban J connectivity index is 2.16. The van der Waals surface area contributed by atoms with Crippen LogP contribution in [0.25, 0.3) is 0 Å². The molecule has 106 valence electrons. The fourth-order valence-electron chi connectivity index (χ4n) is 2.08. The Kier molecular flexibility index (Phi) is 4.44. The van der Waals surface area contributed by atoms with Gasteiger partial charge >= 0.3 is 12.0 Å². The van der Waals surface area contributed by atoms with Crippen molar-refractivity contribution in [3.05, 3.63) is 39.9 Å². The van der Waals surface area contributed by atoms with Crippen LogP contribution in [0.3, 0.4) is 0 Å². The Labute approximate surface area is 125 Å². The highest BCUT2D eigenvalue weighted by Gasteiger charge is 2.19. The second-order valence-corrected chi connectivity index (χ2v) is 5.60. The molecule has 0 bridgehead atoms. The van der Waals surface area contributed by atoms with Crippen LogP contribution in [0.15, 0.2) is 34.3 Å². The van der Waals surface area contributed by atoms with Crippen LogP contribution < -0.4 is 5.32 Å². The summed E-state index contributed by atoms with van der Waals surface area (Å²) < 4.78 is 0.657. The molecule has 1 aliphatic rings. The van der Waals surface area contributed by atoms with Crippen molar-refractivity contribution in [3.8, 4) is 0 Å². The normalized spacial score (nSPS) is 14.7. The molecule has 0 unspecified atom stereocenters. The summed E-state index contributed by atoms with van der Waals surface area (Å²) in [6, 6.07) is 4.48. The maximum Gasteiger partial charge on any atom is 0.337 e. The minimum Gasteiger partial charge on any atom is -0.478 e. The van der Waals surface area contributed by atoms with E-state index in [1.54, 1.807) is 17.0 Å². The Morgan fingerprint density at radius 3 is 2.80 bits per heavy atom. The minimum absolute atomic E-state index is 0.0667. The number of carbonyl (C=O) groups excluding carboxylic acids is 1. The van der Waals surface area contributed by atoms with E-state index in [9.17, 15) is 9.59 Å². The van der Waals surface area contributed by atoms with Gasteiger partial charge in [0.2, 0.25) is 0 Å². The third-order valence-corrected chi connectivity index (χ3v) is 3.57. The molecule has 0 fully saturated rings. The van der Waals surface area contributed by atoms with E-state index in [4.69, 9.17) is 5.11 Å². The first-order chi connectivity index (χ1) is 9.47. The number of hydrogen-bond donors (Lipinski definition) is 2. The van der Waals surface area contributed by atoms with Crippen molar-refractivity contribution in [2.75, 3.05) is 18.4 Å². The lowest BCUT2D eigenvalue weighted by atomic mass is 10.1. The zero-order valence-corrected chi connectivity index (χ0v) is 12.6. The van der Waals surface area contributed by atoms with Crippen LogP contribution in [-0.4, -0.2) is 35.1 Å². The van der Waals surface area contributed by atoms with Gasteiger partial charge in [-0.3, -0.25) is 0 Å². The lowest BCUT2D eigenvalue weighted by Gasteiger charge is -2.26. The molecule has 0 atom stereocenters. The van der Waals surface area contributed by atoms with Gasteiger partial charge in [-0.05, 0) is 31.5 Å².